The van der Waals surface area contributed by atoms with Gasteiger partial charge < -0.3 is 10.0 Å². The molecule has 1 fully saturated rings. The van der Waals surface area contributed by atoms with E-state index in [0.717, 1.165) is 12.8 Å². The number of carboxylic acids is 1. The largest absolute Gasteiger partial charge is 0.480 e. The topological polar surface area (TPSA) is 92.5 Å². The second-order valence-corrected chi connectivity index (χ2v) is 7.23. The molecule has 138 valence electrons. The number of hydrogen-bond acceptors (Lipinski definition) is 4. The maximum absolute atomic E-state index is 13.2. The molecule has 1 amide bonds. The number of benzene rings is 1. The smallest absolute Gasteiger partial charge is 0.326 e. The summed E-state index contributed by atoms with van der Waals surface area (Å²) in [6.45, 7) is 5.83. The molecular weight excluding hydrogens is 334 g/mol. The van der Waals surface area contributed by atoms with Gasteiger partial charge in [-0.3, -0.25) is 9.59 Å². The molecule has 1 aromatic carbocycles. The predicted octanol–water partition coefficient (Wildman–Crippen LogP) is 2.13. The molecule has 7 heteroatoms. The molecule has 0 spiro atoms. The van der Waals surface area contributed by atoms with E-state index >= 15 is 0 Å². The Morgan fingerprint density at radius 1 is 1.23 bits per heavy atom. The van der Waals surface area contributed by atoms with Crippen molar-refractivity contribution in [3.05, 3.63) is 40.3 Å². The first-order chi connectivity index (χ1) is 12.3. The van der Waals surface area contributed by atoms with Crippen LogP contribution in [0.5, 0.6) is 0 Å². The Morgan fingerprint density at radius 3 is 2.38 bits per heavy atom. The predicted molar refractivity (Wildman–Crippen MR) is 97.1 cm³/mol. The van der Waals surface area contributed by atoms with Crippen molar-refractivity contribution in [1.29, 1.82) is 0 Å². The van der Waals surface area contributed by atoms with Gasteiger partial charge in [-0.2, -0.15) is 5.10 Å². The normalized spacial score (nSPS) is 15.2. The Balaban J connectivity index is 2.16. The number of amides is 1. The second-order valence-electron chi connectivity index (χ2n) is 7.23. The van der Waals surface area contributed by atoms with Crippen LogP contribution in [0.25, 0.3) is 10.8 Å². The minimum Gasteiger partial charge on any atom is -0.480 e. The fourth-order valence-corrected chi connectivity index (χ4v) is 3.11. The van der Waals surface area contributed by atoms with Crippen LogP contribution in [0.3, 0.4) is 0 Å². The van der Waals surface area contributed by atoms with Gasteiger partial charge in [0.1, 0.15) is 6.04 Å². The first kappa shape index (κ1) is 18.1. The molecule has 1 atom stereocenters. The zero-order chi connectivity index (χ0) is 19.0. The third-order valence-corrected chi connectivity index (χ3v) is 4.56. The fourth-order valence-electron chi connectivity index (χ4n) is 3.11. The molecule has 1 aliphatic rings. The molecule has 1 saturated carbocycles. The van der Waals surface area contributed by atoms with Gasteiger partial charge >= 0.3 is 5.97 Å². The van der Waals surface area contributed by atoms with Crippen molar-refractivity contribution in [1.82, 2.24) is 14.7 Å². The Kier molecular flexibility index (Phi) is 4.80. The van der Waals surface area contributed by atoms with E-state index in [2.05, 4.69) is 5.10 Å². The summed E-state index contributed by atoms with van der Waals surface area (Å²) in [5.41, 5.74) is -0.101. The van der Waals surface area contributed by atoms with Crippen LogP contribution in [0.1, 0.15) is 44.1 Å². The van der Waals surface area contributed by atoms with Crippen LogP contribution in [0.2, 0.25) is 0 Å². The van der Waals surface area contributed by atoms with Crippen LogP contribution in [0.4, 0.5) is 0 Å². The standard InChI is InChI=1S/C19H23N3O4/c1-11(2)10-21-17(23)15-7-5-4-6-14(15)16(20-21)18(24)22(13-8-9-13)12(3)19(25)26/h4-7,11-13H,8-10H2,1-3H3,(H,25,26). The van der Waals surface area contributed by atoms with Gasteiger partial charge in [-0.05, 0) is 31.7 Å². The average Bonchev–Trinajstić information content (AvgIpc) is 3.42. The summed E-state index contributed by atoms with van der Waals surface area (Å²) in [4.78, 5) is 38.8. The number of nitrogens with zero attached hydrogens (tertiary/aromatic N) is 3. The van der Waals surface area contributed by atoms with E-state index < -0.39 is 17.9 Å². The van der Waals surface area contributed by atoms with Crippen molar-refractivity contribution in [3.63, 3.8) is 0 Å². The van der Waals surface area contributed by atoms with Gasteiger partial charge in [0.15, 0.2) is 5.69 Å². The molecule has 1 aliphatic carbocycles. The van der Waals surface area contributed by atoms with Crippen molar-refractivity contribution in [2.45, 2.75) is 52.2 Å². The van der Waals surface area contributed by atoms with Crippen molar-refractivity contribution < 1.29 is 14.7 Å². The van der Waals surface area contributed by atoms with Crippen molar-refractivity contribution in [2.75, 3.05) is 0 Å². The number of carboxylic acid groups (broad SMARTS) is 1. The summed E-state index contributed by atoms with van der Waals surface area (Å²) in [6.07, 6.45) is 1.57. The minimum absolute atomic E-state index is 0.0837. The van der Waals surface area contributed by atoms with Gasteiger partial charge in [0.05, 0.1) is 5.39 Å². The highest BCUT2D eigenvalue weighted by Gasteiger charge is 2.40. The van der Waals surface area contributed by atoms with E-state index in [4.69, 9.17) is 0 Å². The second kappa shape index (κ2) is 6.90. The quantitative estimate of drug-likeness (QED) is 0.855. The highest BCUT2D eigenvalue weighted by atomic mass is 16.4. The molecule has 1 aromatic heterocycles. The summed E-state index contributed by atoms with van der Waals surface area (Å²) in [7, 11) is 0. The van der Waals surface area contributed by atoms with Crippen LogP contribution in [-0.4, -0.2) is 43.7 Å². The number of carbonyl (C=O) groups is 2. The number of carbonyl (C=O) groups excluding carboxylic acids is 1. The third kappa shape index (κ3) is 3.34. The highest BCUT2D eigenvalue weighted by Crippen LogP contribution is 2.31. The van der Waals surface area contributed by atoms with Gasteiger partial charge in [-0.1, -0.05) is 32.0 Å². The van der Waals surface area contributed by atoms with Crippen LogP contribution in [-0.2, 0) is 11.3 Å². The summed E-state index contributed by atoms with van der Waals surface area (Å²) < 4.78 is 1.32. The molecule has 0 saturated heterocycles. The molecule has 26 heavy (non-hydrogen) atoms. The molecule has 7 nitrogen and oxygen atoms in total. The Bertz CT molecular complexity index is 915. The molecular formula is C19H23N3O4. The van der Waals surface area contributed by atoms with Gasteiger partial charge in [-0.15, -0.1) is 0 Å². The zero-order valence-electron chi connectivity index (χ0n) is 15.2. The number of rotatable bonds is 6. The molecule has 1 N–H and O–H groups in total. The van der Waals surface area contributed by atoms with E-state index in [1.54, 1.807) is 24.3 Å². The number of aromatic nitrogens is 2. The lowest BCUT2D eigenvalue weighted by molar-refractivity contribution is -0.141. The summed E-state index contributed by atoms with van der Waals surface area (Å²) in [5.74, 6) is -1.30. The fraction of sp³-hybridized carbons (Fsp3) is 0.474. The number of hydrogen-bond donors (Lipinski definition) is 1. The van der Waals surface area contributed by atoms with Crippen LogP contribution in [0, 0.1) is 5.92 Å². The Hall–Kier alpha value is -2.70. The highest BCUT2D eigenvalue weighted by molar-refractivity contribution is 6.06. The van der Waals surface area contributed by atoms with E-state index in [-0.39, 0.29) is 23.2 Å². The zero-order valence-corrected chi connectivity index (χ0v) is 15.2. The van der Waals surface area contributed by atoms with E-state index in [0.29, 0.717) is 17.3 Å². The van der Waals surface area contributed by atoms with E-state index in [1.165, 1.54) is 16.5 Å². The summed E-state index contributed by atoms with van der Waals surface area (Å²) in [6, 6.07) is 5.83. The van der Waals surface area contributed by atoms with Gasteiger partial charge in [0.2, 0.25) is 0 Å². The molecule has 1 unspecified atom stereocenters. The number of aliphatic carboxylic acids is 1. The summed E-state index contributed by atoms with van der Waals surface area (Å²) >= 11 is 0. The summed E-state index contributed by atoms with van der Waals surface area (Å²) in [5, 5.41) is 14.6. The third-order valence-electron chi connectivity index (χ3n) is 4.56. The van der Waals surface area contributed by atoms with Crippen LogP contribution in [0.15, 0.2) is 29.1 Å². The molecule has 1 heterocycles. The van der Waals surface area contributed by atoms with Gasteiger partial charge in [0.25, 0.3) is 11.5 Å². The van der Waals surface area contributed by atoms with Crippen molar-refractivity contribution in [2.24, 2.45) is 5.92 Å². The minimum atomic E-state index is -1.05. The molecule has 0 radical (unpaired) electrons. The lowest BCUT2D eigenvalue weighted by Gasteiger charge is -2.26. The van der Waals surface area contributed by atoms with Gasteiger partial charge in [0, 0.05) is 18.0 Å². The van der Waals surface area contributed by atoms with E-state index in [9.17, 15) is 19.5 Å². The average molecular weight is 357 g/mol. The lowest BCUT2D eigenvalue weighted by atomic mass is 10.1. The molecule has 3 rings (SSSR count). The molecule has 0 aliphatic heterocycles. The monoisotopic (exact) mass is 357 g/mol. The van der Waals surface area contributed by atoms with Crippen LogP contribution >= 0.6 is 0 Å². The molecule has 2 aromatic rings. The molecule has 0 bridgehead atoms. The maximum Gasteiger partial charge on any atom is 0.326 e. The first-order valence-corrected chi connectivity index (χ1v) is 8.86. The number of fused-ring (bicyclic) bond motifs is 1. The lowest BCUT2D eigenvalue weighted by Crippen LogP contribution is -2.45. The first-order valence-electron chi connectivity index (χ1n) is 8.86. The van der Waals surface area contributed by atoms with Crippen molar-refractivity contribution >= 4 is 22.6 Å². The maximum atomic E-state index is 13.2. The van der Waals surface area contributed by atoms with Gasteiger partial charge in [-0.25, -0.2) is 9.48 Å². The van der Waals surface area contributed by atoms with Crippen molar-refractivity contribution in [3.8, 4) is 0 Å². The van der Waals surface area contributed by atoms with E-state index in [1.807, 2.05) is 13.8 Å². The SMILES string of the molecule is CC(C)Cn1nc(C(=O)N(C2CC2)C(C)C(=O)O)c2ccccc2c1=O. The van der Waals surface area contributed by atoms with Crippen LogP contribution < -0.4 is 5.56 Å². The Morgan fingerprint density at radius 2 is 1.85 bits per heavy atom. The Labute approximate surface area is 151 Å².